The number of rotatable bonds is 4. The van der Waals surface area contributed by atoms with E-state index in [0.717, 1.165) is 77.2 Å². The Hall–Kier alpha value is -7.60. The molecule has 2 aliphatic carbocycles. The van der Waals surface area contributed by atoms with Crippen LogP contribution in [0.5, 0.6) is 0 Å². The van der Waals surface area contributed by atoms with E-state index in [-0.39, 0.29) is 10.8 Å². The van der Waals surface area contributed by atoms with Crippen LogP contribution in [0, 0.1) is 0 Å². The standard InChI is InChI=1S/C60H40N2O2S/c1-59(2)49-29-35(33-17-25-55-47(27-33)45-9-5-7-11-53(45)63-55)13-19-41(49)43-21-15-37(31-51(43)59)39-23-24-40(58-57(39)61-65-62-58)38-16-22-44-42-20-14-36(30-50(42)60(3,4)52(44)32-38)34-18-26-56-48(28-34)46-10-6-8-12-54(46)64-56/h5-32H,1-4H3. The van der Waals surface area contributed by atoms with Crippen LogP contribution in [0.3, 0.4) is 0 Å². The van der Waals surface area contributed by atoms with Gasteiger partial charge < -0.3 is 8.83 Å². The van der Waals surface area contributed by atoms with Crippen molar-refractivity contribution in [3.63, 3.8) is 0 Å². The van der Waals surface area contributed by atoms with Gasteiger partial charge in [0.2, 0.25) is 0 Å². The molecule has 0 saturated carbocycles. The summed E-state index contributed by atoms with van der Waals surface area (Å²) in [6, 6.07) is 62.1. The molecule has 4 nitrogen and oxygen atoms in total. The first kappa shape index (κ1) is 36.8. The first-order valence-corrected chi connectivity index (χ1v) is 23.1. The third kappa shape index (κ3) is 5.19. The monoisotopic (exact) mass is 852 g/mol. The zero-order valence-corrected chi connectivity index (χ0v) is 37.1. The summed E-state index contributed by atoms with van der Waals surface area (Å²) in [4.78, 5) is 0. The first-order valence-electron chi connectivity index (χ1n) is 22.4. The molecule has 0 amide bonds. The normalized spacial score (nSPS) is 14.4. The third-order valence-electron chi connectivity index (χ3n) is 14.8. The molecule has 0 atom stereocenters. The number of furan rings is 2. The Kier molecular flexibility index (Phi) is 7.37. The van der Waals surface area contributed by atoms with Gasteiger partial charge in [-0.3, -0.25) is 0 Å². The number of hydrogen-bond acceptors (Lipinski definition) is 5. The lowest BCUT2D eigenvalue weighted by Crippen LogP contribution is -2.15. The molecule has 0 bridgehead atoms. The first-order chi connectivity index (χ1) is 31.7. The van der Waals surface area contributed by atoms with Crippen LogP contribution in [0.15, 0.2) is 179 Å². The highest BCUT2D eigenvalue weighted by Crippen LogP contribution is 2.53. The number of aromatic nitrogens is 2. The van der Waals surface area contributed by atoms with Gasteiger partial charge in [0.05, 0.1) is 11.7 Å². The lowest BCUT2D eigenvalue weighted by molar-refractivity contribution is 0.660. The van der Waals surface area contributed by atoms with Crippen LogP contribution in [0.1, 0.15) is 49.9 Å². The minimum atomic E-state index is -0.194. The van der Waals surface area contributed by atoms with E-state index in [1.807, 2.05) is 24.3 Å². The van der Waals surface area contributed by atoms with E-state index in [9.17, 15) is 0 Å². The largest absolute Gasteiger partial charge is 0.456 e. The molecular weight excluding hydrogens is 813 g/mol. The summed E-state index contributed by atoms with van der Waals surface area (Å²) in [5, 5.41) is 4.59. The van der Waals surface area contributed by atoms with Crippen LogP contribution in [0.2, 0.25) is 0 Å². The summed E-state index contributed by atoms with van der Waals surface area (Å²) in [6.07, 6.45) is 0. The summed E-state index contributed by atoms with van der Waals surface area (Å²) in [6.45, 7) is 9.43. The summed E-state index contributed by atoms with van der Waals surface area (Å²) < 4.78 is 22.2. The fourth-order valence-corrected chi connectivity index (χ4v) is 11.9. The number of fused-ring (bicyclic) bond motifs is 13. The highest BCUT2D eigenvalue weighted by Gasteiger charge is 2.38. The van der Waals surface area contributed by atoms with Crippen molar-refractivity contribution in [1.82, 2.24) is 8.75 Å². The van der Waals surface area contributed by atoms with E-state index in [1.54, 1.807) is 0 Å². The quantitative estimate of drug-likeness (QED) is 0.177. The predicted molar refractivity (Wildman–Crippen MR) is 269 cm³/mol. The minimum Gasteiger partial charge on any atom is -0.456 e. The molecule has 0 N–H and O–H groups in total. The van der Waals surface area contributed by atoms with Crippen molar-refractivity contribution in [2.45, 2.75) is 38.5 Å². The van der Waals surface area contributed by atoms with E-state index < -0.39 is 0 Å². The van der Waals surface area contributed by atoms with Crippen LogP contribution < -0.4 is 0 Å². The number of benzene rings is 9. The molecule has 12 aromatic rings. The lowest BCUT2D eigenvalue weighted by Gasteiger charge is -2.23. The third-order valence-corrected chi connectivity index (χ3v) is 15.3. The van der Waals surface area contributed by atoms with Gasteiger partial charge in [0.25, 0.3) is 0 Å². The van der Waals surface area contributed by atoms with Crippen molar-refractivity contribution in [3.8, 4) is 66.8 Å². The molecule has 14 rings (SSSR count). The predicted octanol–water partition coefficient (Wildman–Crippen LogP) is 16.8. The Morgan fingerprint density at radius 3 is 1.08 bits per heavy atom. The van der Waals surface area contributed by atoms with Crippen molar-refractivity contribution < 1.29 is 8.83 Å². The Balaban J connectivity index is 0.792. The molecule has 5 heteroatoms. The van der Waals surface area contributed by atoms with E-state index in [4.69, 9.17) is 17.6 Å². The lowest BCUT2D eigenvalue weighted by atomic mass is 9.80. The second-order valence-electron chi connectivity index (χ2n) is 19.0. The topological polar surface area (TPSA) is 52.1 Å². The molecule has 0 fully saturated rings. The zero-order valence-electron chi connectivity index (χ0n) is 36.3. The van der Waals surface area contributed by atoms with Crippen LogP contribution >= 0.6 is 11.7 Å². The number of para-hydroxylation sites is 2. The summed E-state index contributed by atoms with van der Waals surface area (Å²) >= 11 is 1.29. The van der Waals surface area contributed by atoms with Crippen molar-refractivity contribution in [3.05, 3.63) is 192 Å². The fraction of sp³-hybridized carbons (Fsp3) is 0.100. The van der Waals surface area contributed by atoms with Crippen molar-refractivity contribution in [1.29, 1.82) is 0 Å². The van der Waals surface area contributed by atoms with E-state index in [2.05, 4.69) is 173 Å². The Morgan fingerprint density at radius 1 is 0.323 bits per heavy atom. The number of nitrogens with zero attached hydrogens (tertiary/aromatic N) is 2. The maximum Gasteiger partial charge on any atom is 0.135 e. The highest BCUT2D eigenvalue weighted by atomic mass is 32.1. The molecule has 0 aliphatic heterocycles. The Bertz CT molecular complexity index is 3770. The number of hydrogen-bond donors (Lipinski definition) is 0. The molecule has 3 heterocycles. The van der Waals surface area contributed by atoms with Crippen molar-refractivity contribution in [2.75, 3.05) is 0 Å². The molecular formula is C60H40N2O2S. The van der Waals surface area contributed by atoms with Gasteiger partial charge in [0, 0.05) is 43.5 Å². The highest BCUT2D eigenvalue weighted by molar-refractivity contribution is 7.00. The van der Waals surface area contributed by atoms with Crippen molar-refractivity contribution in [2.24, 2.45) is 0 Å². The van der Waals surface area contributed by atoms with E-state index in [0.29, 0.717) is 0 Å². The molecule has 308 valence electrons. The molecule has 0 radical (unpaired) electrons. The summed E-state index contributed by atoms with van der Waals surface area (Å²) in [5.41, 5.74) is 25.1. The van der Waals surface area contributed by atoms with E-state index >= 15 is 0 Å². The molecule has 9 aromatic carbocycles. The van der Waals surface area contributed by atoms with Gasteiger partial charge in [-0.15, -0.1) is 0 Å². The van der Waals surface area contributed by atoms with Crippen LogP contribution in [0.4, 0.5) is 0 Å². The average Bonchev–Trinajstić information content (AvgIpc) is 4.15. The second-order valence-corrected chi connectivity index (χ2v) is 19.6. The van der Waals surface area contributed by atoms with Crippen LogP contribution in [-0.4, -0.2) is 8.75 Å². The van der Waals surface area contributed by atoms with E-state index in [1.165, 1.54) is 78.5 Å². The molecule has 65 heavy (non-hydrogen) atoms. The molecule has 2 aliphatic rings. The Labute approximate surface area is 379 Å². The van der Waals surface area contributed by atoms with Gasteiger partial charge in [-0.1, -0.05) is 137 Å². The van der Waals surface area contributed by atoms with Crippen LogP contribution in [-0.2, 0) is 10.8 Å². The minimum absolute atomic E-state index is 0.194. The maximum atomic E-state index is 6.15. The Morgan fingerprint density at radius 2 is 0.646 bits per heavy atom. The molecule has 3 aromatic heterocycles. The summed E-state index contributed by atoms with van der Waals surface area (Å²) in [7, 11) is 0. The van der Waals surface area contributed by atoms with Gasteiger partial charge in [0.15, 0.2) is 0 Å². The SMILES string of the molecule is CC1(C)c2cc(-c3ccc4oc5ccccc5c4c3)ccc2-c2ccc(-c3ccc(-c4ccc5c(c4)C(C)(C)c4cc(-c6ccc7oc8ccccc8c7c6)ccc4-5)c4nsnc34)cc21. The van der Waals surface area contributed by atoms with Gasteiger partial charge in [-0.25, -0.2) is 0 Å². The van der Waals surface area contributed by atoms with Crippen LogP contribution in [0.25, 0.3) is 122 Å². The summed E-state index contributed by atoms with van der Waals surface area (Å²) in [5.74, 6) is 0. The average molecular weight is 853 g/mol. The fourth-order valence-electron chi connectivity index (χ4n) is 11.3. The maximum absolute atomic E-state index is 6.15. The van der Waals surface area contributed by atoms with Gasteiger partial charge in [0.1, 0.15) is 33.4 Å². The smallest absolute Gasteiger partial charge is 0.135 e. The molecule has 0 saturated heterocycles. The molecule has 0 spiro atoms. The van der Waals surface area contributed by atoms with Gasteiger partial charge in [-0.05, 0) is 139 Å². The van der Waals surface area contributed by atoms with Gasteiger partial charge >= 0.3 is 0 Å². The second kappa shape index (κ2) is 13.0. The zero-order chi connectivity index (χ0) is 43.3. The van der Waals surface area contributed by atoms with Gasteiger partial charge in [-0.2, -0.15) is 8.75 Å². The van der Waals surface area contributed by atoms with Crippen molar-refractivity contribution >= 4 is 66.6 Å². The molecule has 0 unspecified atom stereocenters.